The first-order valence-electron chi connectivity index (χ1n) is 11.3. The molecular formula is C22H30F6N4O. The summed E-state index contributed by atoms with van der Waals surface area (Å²) in [7, 11) is 0. The maximum absolute atomic E-state index is 13.0. The maximum atomic E-state index is 13.0. The molecule has 0 saturated carbocycles. The zero-order valence-corrected chi connectivity index (χ0v) is 18.6. The number of hydrogen-bond acceptors (Lipinski definition) is 3. The van der Waals surface area contributed by atoms with Crippen LogP contribution in [0.1, 0.15) is 43.7 Å². The van der Waals surface area contributed by atoms with Crippen molar-refractivity contribution in [2.75, 3.05) is 51.1 Å². The molecule has 1 aromatic rings. The normalized spacial score (nSPS) is 18.9. The Kier molecular flexibility index (Phi) is 8.15. The third-order valence-corrected chi connectivity index (χ3v) is 6.24. The van der Waals surface area contributed by atoms with Crippen molar-refractivity contribution in [3.63, 3.8) is 0 Å². The van der Waals surface area contributed by atoms with E-state index in [2.05, 4.69) is 22.0 Å². The number of nitrogens with one attached hydrogen (secondary N) is 1. The zero-order chi connectivity index (χ0) is 24.2. The third kappa shape index (κ3) is 6.99. The van der Waals surface area contributed by atoms with E-state index in [-0.39, 0.29) is 12.1 Å². The first-order valence-corrected chi connectivity index (χ1v) is 11.3. The molecule has 0 unspecified atom stereocenters. The van der Waals surface area contributed by atoms with Crippen LogP contribution in [0.15, 0.2) is 18.2 Å². The van der Waals surface area contributed by atoms with Gasteiger partial charge >= 0.3 is 18.4 Å². The van der Waals surface area contributed by atoms with Crippen molar-refractivity contribution in [3.05, 3.63) is 29.3 Å². The molecule has 186 valence electrons. The molecule has 0 aromatic heterocycles. The van der Waals surface area contributed by atoms with Gasteiger partial charge in [0.05, 0.1) is 11.1 Å². The number of hydrogen-bond donors (Lipinski definition) is 1. The monoisotopic (exact) mass is 480 g/mol. The van der Waals surface area contributed by atoms with Gasteiger partial charge in [-0.3, -0.25) is 4.90 Å². The minimum absolute atomic E-state index is 0.0404. The minimum Gasteiger partial charge on any atom is -0.321 e. The maximum Gasteiger partial charge on any atom is 0.416 e. The van der Waals surface area contributed by atoms with E-state index in [0.29, 0.717) is 25.2 Å². The van der Waals surface area contributed by atoms with Crippen molar-refractivity contribution >= 4 is 11.7 Å². The molecule has 3 rings (SSSR count). The topological polar surface area (TPSA) is 38.8 Å². The van der Waals surface area contributed by atoms with Crippen LogP contribution in [0.3, 0.4) is 0 Å². The number of anilines is 1. The lowest BCUT2D eigenvalue weighted by molar-refractivity contribution is -0.143. The molecule has 0 spiro atoms. The molecule has 33 heavy (non-hydrogen) atoms. The predicted molar refractivity (Wildman–Crippen MR) is 113 cm³/mol. The van der Waals surface area contributed by atoms with Crippen LogP contribution < -0.4 is 5.32 Å². The summed E-state index contributed by atoms with van der Waals surface area (Å²) in [4.78, 5) is 18.5. The van der Waals surface area contributed by atoms with Crippen LogP contribution in [0.2, 0.25) is 0 Å². The first kappa shape index (κ1) is 25.6. The van der Waals surface area contributed by atoms with Crippen LogP contribution in [0.4, 0.5) is 36.8 Å². The number of piperazine rings is 1. The van der Waals surface area contributed by atoms with Gasteiger partial charge in [-0.05, 0) is 31.2 Å². The number of urea groups is 1. The Balaban J connectivity index is 1.49. The molecular weight excluding hydrogens is 450 g/mol. The smallest absolute Gasteiger partial charge is 0.321 e. The van der Waals surface area contributed by atoms with E-state index in [1.54, 1.807) is 0 Å². The fourth-order valence-corrected chi connectivity index (χ4v) is 4.20. The van der Waals surface area contributed by atoms with E-state index >= 15 is 0 Å². The van der Waals surface area contributed by atoms with Crippen LogP contribution >= 0.6 is 0 Å². The number of rotatable bonds is 7. The Labute approximate surface area is 189 Å². The molecule has 11 heteroatoms. The average Bonchev–Trinajstić information content (AvgIpc) is 2.69. The van der Waals surface area contributed by atoms with Crippen molar-refractivity contribution in [1.29, 1.82) is 0 Å². The van der Waals surface area contributed by atoms with Crippen molar-refractivity contribution < 1.29 is 31.1 Å². The number of alkyl halides is 6. The van der Waals surface area contributed by atoms with Gasteiger partial charge in [-0.2, -0.15) is 26.3 Å². The van der Waals surface area contributed by atoms with Gasteiger partial charge in [0.15, 0.2) is 0 Å². The summed E-state index contributed by atoms with van der Waals surface area (Å²) in [6.07, 6.45) is -5.03. The lowest BCUT2D eigenvalue weighted by Crippen LogP contribution is -2.64. The summed E-state index contributed by atoms with van der Waals surface area (Å²) < 4.78 is 78.0. The Morgan fingerprint density at radius 3 is 2.00 bits per heavy atom. The Bertz CT molecular complexity index is 767. The van der Waals surface area contributed by atoms with E-state index in [9.17, 15) is 31.1 Å². The Morgan fingerprint density at radius 1 is 0.909 bits per heavy atom. The molecule has 2 aliphatic rings. The van der Waals surface area contributed by atoms with Crippen LogP contribution in [0.25, 0.3) is 0 Å². The molecule has 2 heterocycles. The quantitative estimate of drug-likeness (QED) is 0.434. The summed E-state index contributed by atoms with van der Waals surface area (Å²) in [6.45, 7) is 7.75. The Hall–Kier alpha value is -2.01. The summed E-state index contributed by atoms with van der Waals surface area (Å²) in [6, 6.07) is 0.533. The minimum atomic E-state index is -4.96. The van der Waals surface area contributed by atoms with Crippen LogP contribution in [-0.4, -0.2) is 72.6 Å². The second-order valence-electron chi connectivity index (χ2n) is 8.72. The average molecular weight is 480 g/mol. The van der Waals surface area contributed by atoms with Crippen molar-refractivity contribution in [2.24, 2.45) is 0 Å². The predicted octanol–water partition coefficient (Wildman–Crippen LogP) is 5.14. The second-order valence-corrected chi connectivity index (χ2v) is 8.72. The molecule has 2 fully saturated rings. The second kappa shape index (κ2) is 10.5. The molecule has 1 N–H and O–H groups in total. The van der Waals surface area contributed by atoms with Gasteiger partial charge < -0.3 is 15.1 Å². The van der Waals surface area contributed by atoms with E-state index in [1.165, 1.54) is 30.6 Å². The largest absolute Gasteiger partial charge is 0.416 e. The number of likely N-dealkylation sites (tertiary alicyclic amines) is 1. The third-order valence-electron chi connectivity index (χ3n) is 6.24. The standard InChI is InChI=1S/C22H30F6N4O/c1-2-3-4-5-6-30-7-9-31(10-8-30)19-14-32(15-19)20(33)29-18-12-16(21(23,24)25)11-17(13-18)22(26,27)28/h11-13,19H,2-10,14-15H2,1H3,(H,29,33). The molecule has 2 amide bonds. The molecule has 1 aromatic carbocycles. The van der Waals surface area contributed by atoms with Gasteiger partial charge in [0.2, 0.25) is 0 Å². The zero-order valence-electron chi connectivity index (χ0n) is 18.6. The fourth-order valence-electron chi connectivity index (χ4n) is 4.20. The Morgan fingerprint density at radius 2 is 1.48 bits per heavy atom. The van der Waals surface area contributed by atoms with Gasteiger partial charge in [-0.15, -0.1) is 0 Å². The van der Waals surface area contributed by atoms with Crippen LogP contribution in [0.5, 0.6) is 0 Å². The number of halogens is 6. The van der Waals surface area contributed by atoms with Gasteiger partial charge in [0.25, 0.3) is 0 Å². The number of amides is 2. The lowest BCUT2D eigenvalue weighted by atomic mass is 10.1. The first-order chi connectivity index (χ1) is 15.5. The van der Waals surface area contributed by atoms with E-state index in [0.717, 1.165) is 32.7 Å². The summed E-state index contributed by atoms with van der Waals surface area (Å²) in [5.74, 6) is 0. The SMILES string of the molecule is CCCCCCN1CCN(C2CN(C(=O)Nc3cc(C(F)(F)F)cc(C(F)(F)F)c3)C2)CC1. The fraction of sp³-hybridized carbons (Fsp3) is 0.682. The number of benzene rings is 1. The van der Waals surface area contributed by atoms with Crippen LogP contribution in [-0.2, 0) is 12.4 Å². The van der Waals surface area contributed by atoms with E-state index < -0.39 is 35.2 Å². The van der Waals surface area contributed by atoms with Gasteiger partial charge in [0.1, 0.15) is 0 Å². The molecule has 2 saturated heterocycles. The summed E-state index contributed by atoms with van der Waals surface area (Å²) in [5.41, 5.74) is -3.44. The highest BCUT2D eigenvalue weighted by atomic mass is 19.4. The van der Waals surface area contributed by atoms with Gasteiger partial charge in [-0.1, -0.05) is 26.2 Å². The molecule has 0 aliphatic carbocycles. The molecule has 5 nitrogen and oxygen atoms in total. The molecule has 2 aliphatic heterocycles. The van der Waals surface area contributed by atoms with Crippen molar-refractivity contribution in [3.8, 4) is 0 Å². The summed E-state index contributed by atoms with van der Waals surface area (Å²) in [5, 5.41) is 2.19. The molecule has 0 atom stereocenters. The van der Waals surface area contributed by atoms with E-state index in [4.69, 9.17) is 0 Å². The van der Waals surface area contributed by atoms with Crippen LogP contribution in [0, 0.1) is 0 Å². The highest BCUT2D eigenvalue weighted by molar-refractivity contribution is 5.90. The van der Waals surface area contributed by atoms with E-state index in [1.807, 2.05) is 0 Å². The lowest BCUT2D eigenvalue weighted by Gasteiger charge is -2.48. The van der Waals surface area contributed by atoms with Gasteiger partial charge in [0, 0.05) is 51.0 Å². The number of unbranched alkanes of at least 4 members (excludes halogenated alkanes) is 3. The molecule has 0 radical (unpaired) electrons. The number of carbonyl (C=O) groups excluding carboxylic acids is 1. The highest BCUT2D eigenvalue weighted by Gasteiger charge is 2.39. The van der Waals surface area contributed by atoms with Crippen molar-refractivity contribution in [1.82, 2.24) is 14.7 Å². The molecule has 0 bridgehead atoms. The van der Waals surface area contributed by atoms with Gasteiger partial charge in [-0.25, -0.2) is 4.79 Å². The van der Waals surface area contributed by atoms with Crippen molar-refractivity contribution in [2.45, 2.75) is 51.0 Å². The number of nitrogens with zero attached hydrogens (tertiary/aromatic N) is 3. The highest BCUT2D eigenvalue weighted by Crippen LogP contribution is 2.37. The number of carbonyl (C=O) groups is 1. The summed E-state index contributed by atoms with van der Waals surface area (Å²) >= 11 is 0.